The van der Waals surface area contributed by atoms with Gasteiger partial charge in [0.2, 0.25) is 0 Å². The molecule has 0 bridgehead atoms. The largest absolute Gasteiger partial charge is 0.494 e. The predicted molar refractivity (Wildman–Crippen MR) is 95.9 cm³/mol. The molecule has 2 atom stereocenters. The molecular weight excluding hydrogens is 332 g/mol. The summed E-state index contributed by atoms with van der Waals surface area (Å²) < 4.78 is 14.7. The molecule has 0 aliphatic carbocycles. The zero-order valence-electron chi connectivity index (χ0n) is 15.2. The number of aromatic nitrogens is 3. The molecule has 2 aromatic rings. The number of nitriles is 1. The Morgan fingerprint density at radius 1 is 1.38 bits per heavy atom. The van der Waals surface area contributed by atoms with Gasteiger partial charge in [-0.05, 0) is 43.5 Å². The summed E-state index contributed by atoms with van der Waals surface area (Å²) in [7, 11) is 0. The van der Waals surface area contributed by atoms with Gasteiger partial charge >= 0.3 is 5.69 Å². The first-order valence-electron chi connectivity index (χ1n) is 9.06. The van der Waals surface area contributed by atoms with Crippen molar-refractivity contribution in [1.29, 1.82) is 5.26 Å². The van der Waals surface area contributed by atoms with Crippen LogP contribution in [0.4, 0.5) is 0 Å². The van der Waals surface area contributed by atoms with Crippen LogP contribution in [-0.2, 0) is 17.8 Å². The van der Waals surface area contributed by atoms with Crippen molar-refractivity contribution in [2.24, 2.45) is 5.92 Å². The minimum absolute atomic E-state index is 0.0939. The third-order valence-corrected chi connectivity index (χ3v) is 4.68. The number of aryl methyl sites for hydroxylation is 1. The fraction of sp³-hybridized carbons (Fsp3) is 0.526. The zero-order valence-corrected chi connectivity index (χ0v) is 15.2. The molecule has 1 aromatic heterocycles. The molecule has 1 fully saturated rings. The van der Waals surface area contributed by atoms with E-state index in [1.165, 1.54) is 4.68 Å². The number of benzene rings is 1. The molecule has 0 unspecified atom stereocenters. The lowest BCUT2D eigenvalue weighted by Crippen LogP contribution is -2.26. The lowest BCUT2D eigenvalue weighted by atomic mass is 10.0. The molecule has 0 spiro atoms. The molecule has 0 N–H and O–H groups in total. The van der Waals surface area contributed by atoms with Gasteiger partial charge in [-0.1, -0.05) is 6.92 Å². The van der Waals surface area contributed by atoms with Crippen molar-refractivity contribution in [3.63, 3.8) is 0 Å². The first-order valence-corrected chi connectivity index (χ1v) is 9.06. The SMILES string of the molecule is CCn1c([C@H]2OCC[C@H]2C)nn(CCCOc2ccc(C#N)cc2)c1=O. The number of rotatable bonds is 7. The van der Waals surface area contributed by atoms with Crippen LogP contribution >= 0.6 is 0 Å². The van der Waals surface area contributed by atoms with E-state index in [1.54, 1.807) is 28.8 Å². The summed E-state index contributed by atoms with van der Waals surface area (Å²) in [5.41, 5.74) is 0.508. The fourth-order valence-corrected chi connectivity index (χ4v) is 3.17. The van der Waals surface area contributed by atoms with E-state index in [2.05, 4.69) is 18.1 Å². The molecule has 138 valence electrons. The van der Waals surface area contributed by atoms with Crippen molar-refractivity contribution in [2.75, 3.05) is 13.2 Å². The second-order valence-electron chi connectivity index (χ2n) is 6.50. The van der Waals surface area contributed by atoms with E-state index in [1.807, 2.05) is 6.92 Å². The number of ether oxygens (including phenoxy) is 2. The Morgan fingerprint density at radius 2 is 2.15 bits per heavy atom. The Kier molecular flexibility index (Phi) is 5.74. The van der Waals surface area contributed by atoms with Gasteiger partial charge in [0.25, 0.3) is 0 Å². The molecule has 3 rings (SSSR count). The summed E-state index contributed by atoms with van der Waals surface area (Å²) in [6.45, 7) is 6.36. The normalized spacial score (nSPS) is 19.4. The minimum Gasteiger partial charge on any atom is -0.494 e. The summed E-state index contributed by atoms with van der Waals surface area (Å²) in [5.74, 6) is 1.81. The lowest BCUT2D eigenvalue weighted by Gasteiger charge is -2.13. The van der Waals surface area contributed by atoms with Gasteiger partial charge in [0.15, 0.2) is 5.82 Å². The smallest absolute Gasteiger partial charge is 0.345 e. The highest BCUT2D eigenvalue weighted by Crippen LogP contribution is 2.32. The van der Waals surface area contributed by atoms with Crippen LogP contribution in [0.2, 0.25) is 0 Å². The average molecular weight is 356 g/mol. The molecule has 0 saturated carbocycles. The highest BCUT2D eigenvalue weighted by molar-refractivity contribution is 5.34. The van der Waals surface area contributed by atoms with Gasteiger partial charge in [-0.25, -0.2) is 9.48 Å². The van der Waals surface area contributed by atoms with E-state index >= 15 is 0 Å². The molecule has 7 heteroatoms. The highest BCUT2D eigenvalue weighted by Gasteiger charge is 2.31. The van der Waals surface area contributed by atoms with E-state index in [-0.39, 0.29) is 11.8 Å². The summed E-state index contributed by atoms with van der Waals surface area (Å²) in [6.07, 6.45) is 1.56. The second kappa shape index (κ2) is 8.19. The Bertz CT molecular complexity index is 832. The van der Waals surface area contributed by atoms with Crippen molar-refractivity contribution in [2.45, 2.75) is 45.9 Å². The monoisotopic (exact) mass is 356 g/mol. The first kappa shape index (κ1) is 18.2. The Morgan fingerprint density at radius 3 is 2.77 bits per heavy atom. The van der Waals surface area contributed by atoms with Gasteiger partial charge in [0, 0.05) is 26.1 Å². The highest BCUT2D eigenvalue weighted by atomic mass is 16.5. The maximum absolute atomic E-state index is 12.6. The van der Waals surface area contributed by atoms with Crippen LogP contribution in [-0.4, -0.2) is 27.6 Å². The van der Waals surface area contributed by atoms with Crippen LogP contribution in [0.3, 0.4) is 0 Å². The van der Waals surface area contributed by atoms with E-state index in [4.69, 9.17) is 14.7 Å². The topological polar surface area (TPSA) is 82.1 Å². The van der Waals surface area contributed by atoms with Crippen LogP contribution in [0.15, 0.2) is 29.1 Å². The van der Waals surface area contributed by atoms with Gasteiger partial charge < -0.3 is 9.47 Å². The van der Waals surface area contributed by atoms with E-state index < -0.39 is 0 Å². The average Bonchev–Trinajstić information content (AvgIpc) is 3.22. The van der Waals surface area contributed by atoms with Crippen molar-refractivity contribution in [3.05, 3.63) is 46.1 Å². The van der Waals surface area contributed by atoms with Gasteiger partial charge in [-0.3, -0.25) is 4.57 Å². The molecule has 2 heterocycles. The molecule has 1 aliphatic rings. The summed E-state index contributed by atoms with van der Waals surface area (Å²) in [6, 6.07) is 9.06. The van der Waals surface area contributed by atoms with Crippen LogP contribution in [0, 0.1) is 17.2 Å². The van der Waals surface area contributed by atoms with Crippen molar-refractivity contribution in [1.82, 2.24) is 14.3 Å². The van der Waals surface area contributed by atoms with Crippen LogP contribution < -0.4 is 10.4 Å². The lowest BCUT2D eigenvalue weighted by molar-refractivity contribution is 0.0835. The first-order chi connectivity index (χ1) is 12.6. The minimum atomic E-state index is -0.0983. The standard InChI is InChI=1S/C19H24N4O3/c1-3-22-18(17-14(2)9-12-26-17)21-23(19(22)24)10-4-11-25-16-7-5-15(13-20)6-8-16/h5-8,14,17H,3-4,9-12H2,1-2H3/t14-,17+/m1/s1. The van der Waals surface area contributed by atoms with Gasteiger partial charge in [0.1, 0.15) is 11.9 Å². The van der Waals surface area contributed by atoms with Crippen molar-refractivity contribution < 1.29 is 9.47 Å². The Hall–Kier alpha value is -2.59. The zero-order chi connectivity index (χ0) is 18.5. The summed E-state index contributed by atoms with van der Waals surface area (Å²) in [5, 5.41) is 13.3. The molecule has 1 aromatic carbocycles. The maximum Gasteiger partial charge on any atom is 0.345 e. The van der Waals surface area contributed by atoms with E-state index in [0.29, 0.717) is 43.3 Å². The van der Waals surface area contributed by atoms with Crippen LogP contribution in [0.25, 0.3) is 0 Å². The van der Waals surface area contributed by atoms with Gasteiger partial charge in [-0.15, -0.1) is 0 Å². The third kappa shape index (κ3) is 3.81. The quantitative estimate of drug-likeness (QED) is 0.712. The van der Waals surface area contributed by atoms with Gasteiger partial charge in [-0.2, -0.15) is 10.4 Å². The third-order valence-electron chi connectivity index (χ3n) is 4.68. The molecule has 0 amide bonds. The molecule has 0 radical (unpaired) electrons. The Labute approximate surface area is 152 Å². The van der Waals surface area contributed by atoms with Crippen molar-refractivity contribution in [3.8, 4) is 11.8 Å². The van der Waals surface area contributed by atoms with Crippen LogP contribution in [0.5, 0.6) is 5.75 Å². The number of hydrogen-bond acceptors (Lipinski definition) is 5. The maximum atomic E-state index is 12.6. The fourth-order valence-electron chi connectivity index (χ4n) is 3.17. The second-order valence-corrected chi connectivity index (χ2v) is 6.50. The summed E-state index contributed by atoms with van der Waals surface area (Å²) in [4.78, 5) is 12.6. The number of nitrogens with zero attached hydrogens (tertiary/aromatic N) is 4. The summed E-state index contributed by atoms with van der Waals surface area (Å²) >= 11 is 0. The predicted octanol–water partition coefficient (Wildman–Crippen LogP) is 2.50. The molecule has 26 heavy (non-hydrogen) atoms. The van der Waals surface area contributed by atoms with Crippen molar-refractivity contribution >= 4 is 0 Å². The molecule has 7 nitrogen and oxygen atoms in total. The van der Waals surface area contributed by atoms with E-state index in [9.17, 15) is 4.79 Å². The molecule has 1 saturated heterocycles. The molecule has 1 aliphatic heterocycles. The number of hydrogen-bond donors (Lipinski definition) is 0. The van der Waals surface area contributed by atoms with E-state index in [0.717, 1.165) is 18.9 Å². The van der Waals surface area contributed by atoms with Gasteiger partial charge in [0.05, 0.1) is 18.2 Å². The van der Waals surface area contributed by atoms with Crippen LogP contribution in [0.1, 0.15) is 44.2 Å². The molecular formula is C19H24N4O3. The Balaban J connectivity index is 1.60.